The number of carbonyl (C=O) groups excluding carboxylic acids is 1. The van der Waals surface area contributed by atoms with Gasteiger partial charge in [0, 0.05) is 17.2 Å². The second-order valence-corrected chi connectivity index (χ2v) is 4.81. The van der Waals surface area contributed by atoms with E-state index in [-0.39, 0.29) is 5.91 Å². The molecular weight excluding hydrogens is 286 g/mol. The number of aromatic nitrogens is 2. The summed E-state index contributed by atoms with van der Waals surface area (Å²) in [7, 11) is 0. The van der Waals surface area contributed by atoms with Gasteiger partial charge < -0.3 is 5.32 Å². The molecule has 1 aromatic heterocycles. The monoisotopic (exact) mass is 301 g/mol. The Bertz CT molecular complexity index is 674. The molecule has 0 fully saturated rings. The van der Waals surface area contributed by atoms with Gasteiger partial charge in [-0.05, 0) is 24.6 Å². The molecule has 21 heavy (non-hydrogen) atoms. The summed E-state index contributed by atoms with van der Waals surface area (Å²) in [6, 6.07) is 9.31. The minimum Gasteiger partial charge on any atom is -0.307 e. The number of nitrogens with zero attached hydrogens (tertiary/aromatic N) is 2. The Balaban J connectivity index is 2.06. The Labute approximate surface area is 128 Å². The number of rotatable bonds is 5. The highest BCUT2D eigenvalue weighted by molar-refractivity contribution is 6.30. The molecule has 1 aromatic carbocycles. The van der Waals surface area contributed by atoms with Crippen LogP contribution in [0.2, 0.25) is 5.02 Å². The maximum atomic E-state index is 11.7. The summed E-state index contributed by atoms with van der Waals surface area (Å²) in [5, 5.41) is 7.68. The molecule has 0 saturated heterocycles. The van der Waals surface area contributed by atoms with Crippen LogP contribution in [-0.4, -0.2) is 15.7 Å². The van der Waals surface area contributed by atoms with Gasteiger partial charge >= 0.3 is 0 Å². The molecule has 0 atom stereocenters. The highest BCUT2D eigenvalue weighted by Crippen LogP contribution is 2.14. The van der Waals surface area contributed by atoms with Gasteiger partial charge in [0.05, 0.1) is 12.7 Å². The summed E-state index contributed by atoms with van der Waals surface area (Å²) in [5.74, 6) is 0.450. The van der Waals surface area contributed by atoms with Gasteiger partial charge in [-0.2, -0.15) is 5.10 Å². The Morgan fingerprint density at radius 2 is 2.24 bits per heavy atom. The molecule has 4 nitrogen and oxygen atoms in total. The van der Waals surface area contributed by atoms with Gasteiger partial charge in [0.1, 0.15) is 5.82 Å². The fourth-order valence-corrected chi connectivity index (χ4v) is 2.01. The third kappa shape index (κ3) is 4.61. The average molecular weight is 302 g/mol. The second kappa shape index (κ2) is 7.45. The molecule has 1 amide bonds. The molecule has 0 unspecified atom stereocenters. The number of hydrogen-bond donors (Lipinski definition) is 1. The number of hydrogen-bond acceptors (Lipinski definition) is 2. The predicted molar refractivity (Wildman–Crippen MR) is 85.4 cm³/mol. The summed E-state index contributed by atoms with van der Waals surface area (Å²) >= 11 is 5.97. The van der Waals surface area contributed by atoms with E-state index in [0.29, 0.717) is 17.4 Å². The quantitative estimate of drug-likeness (QED) is 0.677. The van der Waals surface area contributed by atoms with E-state index in [9.17, 15) is 4.79 Å². The zero-order valence-electron chi connectivity index (χ0n) is 11.7. The first-order valence-electron chi connectivity index (χ1n) is 6.55. The van der Waals surface area contributed by atoms with Crippen LogP contribution in [0.3, 0.4) is 0 Å². The van der Waals surface area contributed by atoms with E-state index in [1.807, 2.05) is 37.3 Å². The Kier molecular flexibility index (Phi) is 5.35. The molecule has 0 aliphatic rings. The van der Waals surface area contributed by atoms with Crippen LogP contribution in [0.25, 0.3) is 0 Å². The molecule has 0 spiro atoms. The molecule has 5 heteroatoms. The van der Waals surface area contributed by atoms with Crippen LogP contribution < -0.4 is 5.32 Å². The van der Waals surface area contributed by atoms with Gasteiger partial charge in [-0.25, -0.2) is 4.68 Å². The van der Waals surface area contributed by atoms with E-state index in [1.165, 1.54) is 6.08 Å². The molecule has 0 radical (unpaired) electrons. The zero-order valence-corrected chi connectivity index (χ0v) is 12.4. The molecule has 0 aliphatic carbocycles. The highest BCUT2D eigenvalue weighted by Gasteiger charge is 2.05. The largest absolute Gasteiger partial charge is 0.307 e. The summed E-state index contributed by atoms with van der Waals surface area (Å²) in [6.07, 6.45) is 8.45. The molecule has 1 heterocycles. The SMILES string of the molecule is C/C=C/C=C/C(=O)Nc1ccnn1Cc1cccc(Cl)c1. The van der Waals surface area contributed by atoms with E-state index in [1.54, 1.807) is 29.1 Å². The van der Waals surface area contributed by atoms with Crippen molar-refractivity contribution in [3.05, 3.63) is 71.4 Å². The van der Waals surface area contributed by atoms with Crippen LogP contribution in [0.1, 0.15) is 12.5 Å². The number of nitrogens with one attached hydrogen (secondary N) is 1. The molecule has 1 N–H and O–H groups in total. The van der Waals surface area contributed by atoms with E-state index in [2.05, 4.69) is 10.4 Å². The molecule has 2 rings (SSSR count). The van der Waals surface area contributed by atoms with Crippen molar-refractivity contribution in [1.29, 1.82) is 0 Å². The normalized spacial score (nSPS) is 11.3. The van der Waals surface area contributed by atoms with E-state index in [0.717, 1.165) is 5.56 Å². The minimum absolute atomic E-state index is 0.194. The fourth-order valence-electron chi connectivity index (χ4n) is 1.80. The van der Waals surface area contributed by atoms with Crippen molar-refractivity contribution in [1.82, 2.24) is 9.78 Å². The van der Waals surface area contributed by atoms with Crippen molar-refractivity contribution < 1.29 is 4.79 Å². The van der Waals surface area contributed by atoms with Crippen LogP contribution in [0.15, 0.2) is 60.8 Å². The third-order valence-corrected chi connectivity index (χ3v) is 2.98. The van der Waals surface area contributed by atoms with Gasteiger partial charge in [0.25, 0.3) is 0 Å². The molecule has 2 aromatic rings. The van der Waals surface area contributed by atoms with Gasteiger partial charge in [-0.15, -0.1) is 0 Å². The smallest absolute Gasteiger partial charge is 0.249 e. The van der Waals surface area contributed by atoms with Crippen molar-refractivity contribution in [3.8, 4) is 0 Å². The summed E-state index contributed by atoms with van der Waals surface area (Å²) in [6.45, 7) is 2.43. The van der Waals surface area contributed by atoms with Crippen molar-refractivity contribution in [2.45, 2.75) is 13.5 Å². The second-order valence-electron chi connectivity index (χ2n) is 4.38. The van der Waals surface area contributed by atoms with E-state index >= 15 is 0 Å². The third-order valence-electron chi connectivity index (χ3n) is 2.74. The van der Waals surface area contributed by atoms with Crippen LogP contribution in [0.4, 0.5) is 5.82 Å². The van der Waals surface area contributed by atoms with Crippen molar-refractivity contribution in [3.63, 3.8) is 0 Å². The number of carbonyl (C=O) groups is 1. The molecule has 0 bridgehead atoms. The Morgan fingerprint density at radius 3 is 3.00 bits per heavy atom. The van der Waals surface area contributed by atoms with Crippen LogP contribution >= 0.6 is 11.6 Å². The van der Waals surface area contributed by atoms with Crippen molar-refractivity contribution in [2.24, 2.45) is 0 Å². The lowest BCUT2D eigenvalue weighted by Crippen LogP contribution is -2.13. The molecular formula is C16H16ClN3O. The van der Waals surface area contributed by atoms with Crippen LogP contribution in [0.5, 0.6) is 0 Å². The Hall–Kier alpha value is -2.33. The lowest BCUT2D eigenvalue weighted by molar-refractivity contribution is -0.111. The minimum atomic E-state index is -0.194. The van der Waals surface area contributed by atoms with Crippen LogP contribution in [-0.2, 0) is 11.3 Å². The Morgan fingerprint density at radius 1 is 1.38 bits per heavy atom. The number of anilines is 1. The molecule has 0 saturated carbocycles. The van der Waals surface area contributed by atoms with Gasteiger partial charge in [-0.1, -0.05) is 42.0 Å². The number of benzene rings is 1. The first-order chi connectivity index (χ1) is 10.2. The standard InChI is InChI=1S/C16H16ClN3O/c1-2-3-4-8-16(21)19-15-9-10-18-20(15)12-13-6-5-7-14(17)11-13/h2-11H,12H2,1H3,(H,19,21)/b3-2+,8-4+. The lowest BCUT2D eigenvalue weighted by Gasteiger charge is -2.08. The van der Waals surface area contributed by atoms with E-state index < -0.39 is 0 Å². The maximum Gasteiger partial charge on any atom is 0.249 e. The fraction of sp³-hybridized carbons (Fsp3) is 0.125. The van der Waals surface area contributed by atoms with Crippen molar-refractivity contribution in [2.75, 3.05) is 5.32 Å². The first kappa shape index (κ1) is 15.1. The molecule has 0 aliphatic heterocycles. The number of halogens is 1. The molecule has 108 valence electrons. The lowest BCUT2D eigenvalue weighted by atomic mass is 10.2. The summed E-state index contributed by atoms with van der Waals surface area (Å²) in [5.41, 5.74) is 1.02. The van der Waals surface area contributed by atoms with Gasteiger partial charge in [-0.3, -0.25) is 4.79 Å². The topological polar surface area (TPSA) is 46.9 Å². The van der Waals surface area contributed by atoms with Crippen molar-refractivity contribution >= 4 is 23.3 Å². The highest BCUT2D eigenvalue weighted by atomic mass is 35.5. The number of allylic oxidation sites excluding steroid dienone is 3. The summed E-state index contributed by atoms with van der Waals surface area (Å²) in [4.78, 5) is 11.7. The van der Waals surface area contributed by atoms with Crippen LogP contribution in [0, 0.1) is 0 Å². The summed E-state index contributed by atoms with van der Waals surface area (Å²) < 4.78 is 1.72. The number of amides is 1. The zero-order chi connectivity index (χ0) is 15.1. The van der Waals surface area contributed by atoms with Gasteiger partial charge in [0.15, 0.2) is 0 Å². The average Bonchev–Trinajstić information content (AvgIpc) is 2.86. The van der Waals surface area contributed by atoms with E-state index in [4.69, 9.17) is 11.6 Å². The van der Waals surface area contributed by atoms with Gasteiger partial charge in [0.2, 0.25) is 5.91 Å². The first-order valence-corrected chi connectivity index (χ1v) is 6.93. The predicted octanol–water partition coefficient (Wildman–Crippen LogP) is 3.66. The maximum absolute atomic E-state index is 11.7.